The van der Waals surface area contributed by atoms with Gasteiger partial charge in [-0.05, 0) is 36.8 Å². The van der Waals surface area contributed by atoms with Crippen LogP contribution in [0.15, 0.2) is 57.7 Å². The van der Waals surface area contributed by atoms with E-state index in [1.54, 1.807) is 24.3 Å². The molecule has 134 valence electrons. The van der Waals surface area contributed by atoms with Crippen LogP contribution in [0.5, 0.6) is 0 Å². The number of aromatic nitrogens is 1. The highest BCUT2D eigenvalue weighted by Gasteiger charge is 2.21. The molecule has 8 heteroatoms. The van der Waals surface area contributed by atoms with E-state index in [1.807, 2.05) is 0 Å². The van der Waals surface area contributed by atoms with Crippen molar-refractivity contribution in [3.05, 3.63) is 70.5 Å². The molecule has 3 rings (SSSR count). The number of carbonyl (C=O) groups is 2. The van der Waals surface area contributed by atoms with Crippen LogP contribution in [0.3, 0.4) is 0 Å². The number of oxazole rings is 1. The van der Waals surface area contributed by atoms with Crippen molar-refractivity contribution in [1.29, 1.82) is 0 Å². The number of para-hydroxylation sites is 2. The molecule has 0 aliphatic carbocycles. The van der Waals surface area contributed by atoms with Crippen LogP contribution in [-0.2, 0) is 16.0 Å². The van der Waals surface area contributed by atoms with Crippen LogP contribution >= 0.6 is 0 Å². The molecule has 0 saturated carbocycles. The first-order valence-corrected chi connectivity index (χ1v) is 7.89. The third-order valence-corrected chi connectivity index (χ3v) is 3.89. The summed E-state index contributed by atoms with van der Waals surface area (Å²) in [6.07, 6.45) is -0.0243. The quantitative estimate of drug-likeness (QED) is 0.695. The standard InChI is InChI=1S/C18H16FN3O4/c1-11(22-14-4-2-3-5-15(14)26-18(22)25)17(24)21-20-16(23)10-12-6-8-13(19)9-7-12/h2-9,11H,10H2,1H3,(H,20,23)(H,21,24). The molecule has 7 nitrogen and oxygen atoms in total. The molecule has 2 aromatic carbocycles. The topological polar surface area (TPSA) is 93.3 Å². The number of hydrogen-bond donors (Lipinski definition) is 2. The summed E-state index contributed by atoms with van der Waals surface area (Å²) < 4.78 is 19.2. The molecule has 3 aromatic rings. The van der Waals surface area contributed by atoms with Gasteiger partial charge in [0.15, 0.2) is 5.58 Å². The number of amides is 2. The summed E-state index contributed by atoms with van der Waals surface area (Å²) in [4.78, 5) is 36.1. The van der Waals surface area contributed by atoms with Gasteiger partial charge in [-0.25, -0.2) is 9.18 Å². The van der Waals surface area contributed by atoms with Gasteiger partial charge in [-0.3, -0.25) is 25.0 Å². The first-order valence-electron chi connectivity index (χ1n) is 7.89. The van der Waals surface area contributed by atoms with Gasteiger partial charge in [-0.15, -0.1) is 0 Å². The van der Waals surface area contributed by atoms with Gasteiger partial charge in [-0.1, -0.05) is 24.3 Å². The first-order chi connectivity index (χ1) is 12.5. The molecule has 1 aromatic heterocycles. The average molecular weight is 357 g/mol. The van der Waals surface area contributed by atoms with E-state index in [9.17, 15) is 18.8 Å². The number of fused-ring (bicyclic) bond motifs is 1. The Morgan fingerprint density at radius 1 is 1.12 bits per heavy atom. The molecule has 0 spiro atoms. The largest absolute Gasteiger partial charge is 0.420 e. The number of carbonyl (C=O) groups excluding carboxylic acids is 2. The lowest BCUT2D eigenvalue weighted by atomic mass is 10.1. The molecule has 2 amide bonds. The summed E-state index contributed by atoms with van der Waals surface area (Å²) in [6.45, 7) is 1.52. The van der Waals surface area contributed by atoms with E-state index in [-0.39, 0.29) is 6.42 Å². The van der Waals surface area contributed by atoms with Gasteiger partial charge in [0, 0.05) is 0 Å². The second-order valence-corrected chi connectivity index (χ2v) is 5.72. The first kappa shape index (κ1) is 17.4. The molecule has 2 N–H and O–H groups in total. The zero-order chi connectivity index (χ0) is 18.7. The Bertz CT molecular complexity index is 1010. The van der Waals surface area contributed by atoms with Gasteiger partial charge in [0.2, 0.25) is 5.91 Å². The van der Waals surface area contributed by atoms with Crippen LogP contribution < -0.4 is 16.6 Å². The molecule has 0 saturated heterocycles. The second-order valence-electron chi connectivity index (χ2n) is 5.72. The van der Waals surface area contributed by atoms with E-state index in [4.69, 9.17) is 4.42 Å². The summed E-state index contributed by atoms with van der Waals surface area (Å²) in [5.41, 5.74) is 6.01. The Balaban J connectivity index is 1.64. The van der Waals surface area contributed by atoms with Crippen molar-refractivity contribution in [2.24, 2.45) is 0 Å². The van der Waals surface area contributed by atoms with Gasteiger partial charge >= 0.3 is 5.76 Å². The van der Waals surface area contributed by atoms with Crippen molar-refractivity contribution in [1.82, 2.24) is 15.4 Å². The Morgan fingerprint density at radius 3 is 2.54 bits per heavy atom. The number of hydrazine groups is 1. The summed E-state index contributed by atoms with van der Waals surface area (Å²) in [5, 5.41) is 0. The van der Waals surface area contributed by atoms with Crippen LogP contribution in [0.25, 0.3) is 11.1 Å². The molecule has 0 fully saturated rings. The molecule has 0 radical (unpaired) electrons. The lowest BCUT2D eigenvalue weighted by Gasteiger charge is -2.13. The van der Waals surface area contributed by atoms with Gasteiger partial charge in [0.25, 0.3) is 5.91 Å². The third-order valence-electron chi connectivity index (χ3n) is 3.89. The predicted octanol–water partition coefficient (Wildman–Crippen LogP) is 1.68. The lowest BCUT2D eigenvalue weighted by molar-refractivity contribution is -0.130. The monoisotopic (exact) mass is 357 g/mol. The van der Waals surface area contributed by atoms with Crippen molar-refractivity contribution in [3.8, 4) is 0 Å². The van der Waals surface area contributed by atoms with Crippen LogP contribution in [0.2, 0.25) is 0 Å². The van der Waals surface area contributed by atoms with Gasteiger partial charge < -0.3 is 4.42 Å². The van der Waals surface area contributed by atoms with Crippen molar-refractivity contribution >= 4 is 22.9 Å². The fourth-order valence-corrected chi connectivity index (χ4v) is 2.54. The van der Waals surface area contributed by atoms with E-state index >= 15 is 0 Å². The van der Waals surface area contributed by atoms with Crippen LogP contribution in [0.4, 0.5) is 4.39 Å². The molecular weight excluding hydrogens is 341 g/mol. The fraction of sp³-hybridized carbons (Fsp3) is 0.167. The Kier molecular flexibility index (Phi) is 4.83. The van der Waals surface area contributed by atoms with E-state index in [2.05, 4.69) is 10.9 Å². The summed E-state index contributed by atoms with van der Waals surface area (Å²) >= 11 is 0. The number of halogens is 1. The lowest BCUT2D eigenvalue weighted by Crippen LogP contribution is -2.46. The minimum Gasteiger partial charge on any atom is -0.408 e. The van der Waals surface area contributed by atoms with Gasteiger partial charge in [0.05, 0.1) is 11.9 Å². The van der Waals surface area contributed by atoms with E-state index in [0.717, 1.165) is 0 Å². The summed E-state index contributed by atoms with van der Waals surface area (Å²) in [5.74, 6) is -2.10. The molecule has 1 unspecified atom stereocenters. The number of hydrogen-bond acceptors (Lipinski definition) is 4. The molecule has 1 atom stereocenters. The van der Waals surface area contributed by atoms with Crippen molar-refractivity contribution in [2.45, 2.75) is 19.4 Å². The van der Waals surface area contributed by atoms with Gasteiger partial charge in [-0.2, -0.15) is 0 Å². The second kappa shape index (κ2) is 7.22. The van der Waals surface area contributed by atoms with E-state index < -0.39 is 29.4 Å². The van der Waals surface area contributed by atoms with Crippen molar-refractivity contribution < 1.29 is 18.4 Å². The van der Waals surface area contributed by atoms with Crippen LogP contribution in [0, 0.1) is 5.82 Å². The minimum atomic E-state index is -0.891. The number of nitrogens with zero attached hydrogens (tertiary/aromatic N) is 1. The molecule has 0 aliphatic rings. The molecule has 1 heterocycles. The fourth-order valence-electron chi connectivity index (χ4n) is 2.54. The molecular formula is C18H16FN3O4. The van der Waals surface area contributed by atoms with E-state index in [1.165, 1.54) is 35.8 Å². The predicted molar refractivity (Wildman–Crippen MR) is 91.6 cm³/mol. The number of nitrogens with one attached hydrogen (secondary N) is 2. The maximum Gasteiger partial charge on any atom is 0.420 e. The maximum atomic E-state index is 12.9. The SMILES string of the molecule is CC(C(=O)NNC(=O)Cc1ccc(F)cc1)n1c(=O)oc2ccccc21. The highest BCUT2D eigenvalue weighted by Crippen LogP contribution is 2.16. The zero-order valence-corrected chi connectivity index (χ0v) is 13.9. The molecule has 26 heavy (non-hydrogen) atoms. The van der Waals surface area contributed by atoms with Crippen LogP contribution in [-0.4, -0.2) is 16.4 Å². The van der Waals surface area contributed by atoms with Gasteiger partial charge in [0.1, 0.15) is 11.9 Å². The van der Waals surface area contributed by atoms with E-state index in [0.29, 0.717) is 16.7 Å². The normalized spacial score (nSPS) is 11.9. The minimum absolute atomic E-state index is 0.0243. The number of rotatable bonds is 4. The molecule has 0 aliphatic heterocycles. The van der Waals surface area contributed by atoms with Crippen molar-refractivity contribution in [3.63, 3.8) is 0 Å². The van der Waals surface area contributed by atoms with Crippen LogP contribution in [0.1, 0.15) is 18.5 Å². The smallest absolute Gasteiger partial charge is 0.408 e. The Labute approximate surface area is 147 Å². The Hall–Kier alpha value is -3.42. The molecule has 0 bridgehead atoms. The highest BCUT2D eigenvalue weighted by molar-refractivity contribution is 5.86. The Morgan fingerprint density at radius 2 is 1.81 bits per heavy atom. The number of benzene rings is 2. The van der Waals surface area contributed by atoms with Crippen molar-refractivity contribution in [2.75, 3.05) is 0 Å². The highest BCUT2D eigenvalue weighted by atomic mass is 19.1. The maximum absolute atomic E-state index is 12.9. The third kappa shape index (κ3) is 3.64. The summed E-state index contributed by atoms with van der Waals surface area (Å²) in [6, 6.07) is 11.3. The zero-order valence-electron chi connectivity index (χ0n) is 13.9. The summed E-state index contributed by atoms with van der Waals surface area (Å²) in [7, 11) is 0. The average Bonchev–Trinajstić information content (AvgIpc) is 2.96.